The fourth-order valence-corrected chi connectivity index (χ4v) is 2.46. The van der Waals surface area contributed by atoms with E-state index in [1.165, 1.54) is 12.0 Å². The highest BCUT2D eigenvalue weighted by molar-refractivity contribution is 6.30. The average molecular weight is 405 g/mol. The highest BCUT2D eigenvalue weighted by atomic mass is 35.5. The minimum absolute atomic E-state index is 0.302. The smallest absolute Gasteiger partial charge is 0.325 e. The van der Waals surface area contributed by atoms with Crippen LogP contribution < -0.4 is 10.1 Å². The standard InChI is InChI=1S/C20H21ClN2O5/c1-23(12-14-7-9-15(21)10-8-14)18(24)13-28-19(25)11-22-20(26)16-5-3-4-6-17(16)27-2/h3-10H,11-13H2,1-2H3,(H,22,26). The summed E-state index contributed by atoms with van der Waals surface area (Å²) in [7, 11) is 3.06. The van der Waals surface area contributed by atoms with Crippen LogP contribution in [0.4, 0.5) is 0 Å². The lowest BCUT2D eigenvalue weighted by Crippen LogP contribution is -2.34. The fourth-order valence-electron chi connectivity index (χ4n) is 2.34. The third-order valence-electron chi connectivity index (χ3n) is 3.86. The summed E-state index contributed by atoms with van der Waals surface area (Å²) < 4.78 is 10.0. The van der Waals surface area contributed by atoms with Crippen LogP contribution in [-0.4, -0.2) is 50.0 Å². The number of carbonyl (C=O) groups is 3. The van der Waals surface area contributed by atoms with Gasteiger partial charge >= 0.3 is 5.97 Å². The van der Waals surface area contributed by atoms with E-state index in [0.29, 0.717) is 22.9 Å². The van der Waals surface area contributed by atoms with Crippen LogP contribution in [0.5, 0.6) is 5.75 Å². The van der Waals surface area contributed by atoms with E-state index in [-0.39, 0.29) is 12.5 Å². The van der Waals surface area contributed by atoms with Gasteiger partial charge in [-0.3, -0.25) is 14.4 Å². The van der Waals surface area contributed by atoms with Gasteiger partial charge in [0.1, 0.15) is 12.3 Å². The maximum absolute atomic E-state index is 12.1. The van der Waals surface area contributed by atoms with Crippen LogP contribution in [0.25, 0.3) is 0 Å². The zero-order chi connectivity index (χ0) is 20.5. The molecule has 2 aromatic rings. The van der Waals surface area contributed by atoms with Crippen LogP contribution in [0.15, 0.2) is 48.5 Å². The summed E-state index contributed by atoms with van der Waals surface area (Å²) in [6.07, 6.45) is 0. The van der Waals surface area contributed by atoms with Gasteiger partial charge in [-0.05, 0) is 29.8 Å². The number of benzene rings is 2. The molecule has 0 spiro atoms. The topological polar surface area (TPSA) is 84.9 Å². The largest absolute Gasteiger partial charge is 0.496 e. The molecule has 0 aliphatic rings. The predicted molar refractivity (Wildman–Crippen MR) is 104 cm³/mol. The molecule has 0 aliphatic carbocycles. The Morgan fingerprint density at radius 2 is 1.75 bits per heavy atom. The number of rotatable bonds is 8. The summed E-state index contributed by atoms with van der Waals surface area (Å²) in [5.74, 6) is -1.15. The SMILES string of the molecule is COc1ccccc1C(=O)NCC(=O)OCC(=O)N(C)Cc1ccc(Cl)cc1. The number of carbonyl (C=O) groups excluding carboxylic acids is 3. The highest BCUT2D eigenvalue weighted by Gasteiger charge is 2.15. The zero-order valence-electron chi connectivity index (χ0n) is 15.6. The second kappa shape index (κ2) is 10.3. The molecule has 0 heterocycles. The van der Waals surface area contributed by atoms with Gasteiger partial charge in [0.2, 0.25) is 0 Å². The predicted octanol–water partition coefficient (Wildman–Crippen LogP) is 2.28. The summed E-state index contributed by atoms with van der Waals surface area (Å²) in [6, 6.07) is 13.7. The molecule has 7 nitrogen and oxygen atoms in total. The van der Waals surface area contributed by atoms with E-state index < -0.39 is 18.5 Å². The lowest BCUT2D eigenvalue weighted by atomic mass is 10.2. The van der Waals surface area contributed by atoms with E-state index in [2.05, 4.69) is 5.32 Å². The van der Waals surface area contributed by atoms with Gasteiger partial charge in [-0.1, -0.05) is 35.9 Å². The molecule has 0 aliphatic heterocycles. The molecule has 0 bridgehead atoms. The Morgan fingerprint density at radius 1 is 1.07 bits per heavy atom. The van der Waals surface area contributed by atoms with Crippen molar-refractivity contribution in [2.75, 3.05) is 27.3 Å². The summed E-state index contributed by atoms with van der Waals surface area (Å²) in [5, 5.41) is 3.05. The van der Waals surface area contributed by atoms with Gasteiger partial charge in [0.05, 0.1) is 12.7 Å². The second-order valence-electron chi connectivity index (χ2n) is 5.92. The first-order valence-electron chi connectivity index (χ1n) is 8.46. The van der Waals surface area contributed by atoms with Crippen molar-refractivity contribution in [3.8, 4) is 5.75 Å². The molecule has 0 saturated carbocycles. The highest BCUT2D eigenvalue weighted by Crippen LogP contribution is 2.16. The van der Waals surface area contributed by atoms with E-state index in [0.717, 1.165) is 5.56 Å². The fraction of sp³-hybridized carbons (Fsp3) is 0.250. The van der Waals surface area contributed by atoms with E-state index in [1.807, 2.05) is 12.1 Å². The molecule has 2 rings (SSSR count). The summed E-state index contributed by atoms with van der Waals surface area (Å²) in [5.41, 5.74) is 1.20. The van der Waals surface area contributed by atoms with Crippen molar-refractivity contribution in [1.29, 1.82) is 0 Å². The molecule has 0 fully saturated rings. The first kappa shape index (κ1) is 21.2. The third kappa shape index (κ3) is 6.28. The molecule has 28 heavy (non-hydrogen) atoms. The maximum atomic E-state index is 12.1. The minimum Gasteiger partial charge on any atom is -0.496 e. The Morgan fingerprint density at radius 3 is 2.43 bits per heavy atom. The van der Waals surface area contributed by atoms with Gasteiger partial charge in [-0.2, -0.15) is 0 Å². The van der Waals surface area contributed by atoms with E-state index in [4.69, 9.17) is 21.1 Å². The number of methoxy groups -OCH3 is 1. The summed E-state index contributed by atoms with van der Waals surface area (Å²) in [4.78, 5) is 37.4. The van der Waals surface area contributed by atoms with Gasteiger partial charge < -0.3 is 19.7 Å². The minimum atomic E-state index is -0.712. The van der Waals surface area contributed by atoms with Gasteiger partial charge in [-0.15, -0.1) is 0 Å². The van der Waals surface area contributed by atoms with E-state index in [1.54, 1.807) is 43.4 Å². The number of para-hydroxylation sites is 1. The molecular weight excluding hydrogens is 384 g/mol. The monoisotopic (exact) mass is 404 g/mol. The van der Waals surface area contributed by atoms with Gasteiger partial charge in [-0.25, -0.2) is 0 Å². The number of nitrogens with zero attached hydrogens (tertiary/aromatic N) is 1. The Balaban J connectivity index is 1.76. The van der Waals surface area contributed by atoms with Crippen molar-refractivity contribution in [2.24, 2.45) is 0 Å². The van der Waals surface area contributed by atoms with Gasteiger partial charge in [0, 0.05) is 18.6 Å². The number of esters is 1. The van der Waals surface area contributed by atoms with E-state index >= 15 is 0 Å². The normalized spacial score (nSPS) is 10.1. The molecule has 0 unspecified atom stereocenters. The molecule has 8 heteroatoms. The van der Waals surface area contributed by atoms with Crippen LogP contribution >= 0.6 is 11.6 Å². The first-order valence-corrected chi connectivity index (χ1v) is 8.83. The molecule has 1 N–H and O–H groups in total. The second-order valence-corrected chi connectivity index (χ2v) is 6.36. The van der Waals surface area contributed by atoms with Crippen molar-refractivity contribution in [2.45, 2.75) is 6.54 Å². The van der Waals surface area contributed by atoms with Crippen molar-refractivity contribution in [3.05, 3.63) is 64.7 Å². The van der Waals surface area contributed by atoms with Crippen LogP contribution in [0.2, 0.25) is 5.02 Å². The van der Waals surface area contributed by atoms with Gasteiger partial charge in [0.15, 0.2) is 6.61 Å². The quantitative estimate of drug-likeness (QED) is 0.682. The molecular formula is C20H21ClN2O5. The lowest BCUT2D eigenvalue weighted by Gasteiger charge is -2.17. The van der Waals surface area contributed by atoms with Crippen molar-refractivity contribution in [1.82, 2.24) is 10.2 Å². The Labute approximate surface area is 168 Å². The molecule has 0 aromatic heterocycles. The molecule has 148 valence electrons. The number of halogens is 1. The van der Waals surface area contributed by atoms with Crippen molar-refractivity contribution >= 4 is 29.4 Å². The molecule has 0 radical (unpaired) electrons. The summed E-state index contributed by atoms with van der Waals surface area (Å²) >= 11 is 5.83. The van der Waals surface area contributed by atoms with Crippen molar-refractivity contribution < 1.29 is 23.9 Å². The zero-order valence-corrected chi connectivity index (χ0v) is 16.4. The van der Waals surface area contributed by atoms with Crippen LogP contribution in [0.3, 0.4) is 0 Å². The Kier molecular flexibility index (Phi) is 7.83. The molecule has 0 saturated heterocycles. The van der Waals surface area contributed by atoms with Crippen molar-refractivity contribution in [3.63, 3.8) is 0 Å². The molecule has 2 aromatic carbocycles. The first-order chi connectivity index (χ1) is 13.4. The Hall–Kier alpha value is -3.06. The maximum Gasteiger partial charge on any atom is 0.325 e. The van der Waals surface area contributed by atoms with Gasteiger partial charge in [0.25, 0.3) is 11.8 Å². The summed E-state index contributed by atoms with van der Waals surface area (Å²) in [6.45, 7) is -0.406. The number of ether oxygens (including phenoxy) is 2. The van der Waals surface area contributed by atoms with Crippen LogP contribution in [-0.2, 0) is 20.9 Å². The number of nitrogens with one attached hydrogen (secondary N) is 1. The Bertz CT molecular complexity index is 839. The third-order valence-corrected chi connectivity index (χ3v) is 4.11. The number of likely N-dealkylation sites (N-methyl/N-ethyl adjacent to an activating group) is 1. The number of amides is 2. The molecule has 2 amide bonds. The number of hydrogen-bond acceptors (Lipinski definition) is 5. The van der Waals surface area contributed by atoms with E-state index in [9.17, 15) is 14.4 Å². The van der Waals surface area contributed by atoms with Crippen LogP contribution in [0, 0.1) is 0 Å². The number of hydrogen-bond donors (Lipinski definition) is 1. The average Bonchev–Trinajstić information content (AvgIpc) is 2.71. The molecule has 0 atom stereocenters. The van der Waals surface area contributed by atoms with Crippen LogP contribution in [0.1, 0.15) is 15.9 Å². The lowest BCUT2D eigenvalue weighted by molar-refractivity contribution is -0.150.